The Balaban J connectivity index is 1.57. The van der Waals surface area contributed by atoms with Crippen molar-refractivity contribution in [3.63, 3.8) is 0 Å². The third kappa shape index (κ3) is 4.78. The SMILES string of the molecule is CCc1ccc([C@@H](CNC(=O)c2cc(=O)c3cc(C)cc(C)c3o2)N2CCCCC2)cc1. The summed E-state index contributed by atoms with van der Waals surface area (Å²) in [5.74, 6) is -0.288. The van der Waals surface area contributed by atoms with E-state index in [1.54, 1.807) is 0 Å². The van der Waals surface area contributed by atoms with Crippen LogP contribution < -0.4 is 10.7 Å². The van der Waals surface area contributed by atoms with E-state index in [1.165, 1.54) is 36.5 Å². The first-order chi connectivity index (χ1) is 15.5. The highest BCUT2D eigenvalue weighted by molar-refractivity contribution is 5.93. The molecule has 1 aliphatic heterocycles. The van der Waals surface area contributed by atoms with E-state index < -0.39 is 0 Å². The lowest BCUT2D eigenvalue weighted by atomic mass is 9.99. The van der Waals surface area contributed by atoms with Crippen molar-refractivity contribution in [2.24, 2.45) is 0 Å². The van der Waals surface area contributed by atoms with Gasteiger partial charge in [-0.05, 0) is 74.5 Å². The zero-order valence-corrected chi connectivity index (χ0v) is 19.2. The largest absolute Gasteiger partial charge is 0.450 e. The van der Waals surface area contributed by atoms with Crippen LogP contribution in [0.3, 0.4) is 0 Å². The summed E-state index contributed by atoms with van der Waals surface area (Å²) < 4.78 is 5.88. The number of likely N-dealkylation sites (tertiary alicyclic amines) is 1. The zero-order valence-electron chi connectivity index (χ0n) is 19.2. The molecule has 0 saturated carbocycles. The summed E-state index contributed by atoms with van der Waals surface area (Å²) in [5, 5.41) is 3.55. The van der Waals surface area contributed by atoms with Gasteiger partial charge in [-0.1, -0.05) is 43.7 Å². The van der Waals surface area contributed by atoms with E-state index in [-0.39, 0.29) is 23.1 Å². The Morgan fingerprint density at radius 3 is 2.47 bits per heavy atom. The van der Waals surface area contributed by atoms with Crippen LogP contribution in [0.15, 0.2) is 51.7 Å². The molecule has 0 spiro atoms. The second-order valence-electron chi connectivity index (χ2n) is 8.85. The Hall–Kier alpha value is -2.92. The van der Waals surface area contributed by atoms with Crippen LogP contribution in [0.5, 0.6) is 0 Å². The molecule has 0 unspecified atom stereocenters. The summed E-state index contributed by atoms with van der Waals surface area (Å²) in [7, 11) is 0. The topological polar surface area (TPSA) is 62.6 Å². The Morgan fingerprint density at radius 2 is 1.78 bits per heavy atom. The van der Waals surface area contributed by atoms with Gasteiger partial charge in [0.1, 0.15) is 5.58 Å². The van der Waals surface area contributed by atoms with Gasteiger partial charge < -0.3 is 9.73 Å². The summed E-state index contributed by atoms with van der Waals surface area (Å²) in [5.41, 5.74) is 4.66. The number of amides is 1. The standard InChI is InChI=1S/C27H32N2O3/c1-4-20-8-10-21(11-9-20)23(29-12-6-5-7-13-29)17-28-27(31)25-16-24(30)22-15-18(2)14-19(3)26(22)32-25/h8-11,14-16,23H,4-7,12-13,17H2,1-3H3,(H,28,31)/t23-/m1/s1. The third-order valence-corrected chi connectivity index (χ3v) is 6.44. The number of hydrogen-bond donors (Lipinski definition) is 1. The van der Waals surface area contributed by atoms with Gasteiger partial charge in [0.15, 0.2) is 11.2 Å². The number of fused-ring (bicyclic) bond motifs is 1. The molecule has 3 aromatic rings. The summed E-state index contributed by atoms with van der Waals surface area (Å²) in [4.78, 5) is 28.1. The number of carbonyl (C=O) groups excluding carboxylic acids is 1. The van der Waals surface area contributed by atoms with Crippen LogP contribution in [0.1, 0.15) is 65.0 Å². The van der Waals surface area contributed by atoms with E-state index in [4.69, 9.17) is 4.42 Å². The van der Waals surface area contributed by atoms with Gasteiger partial charge in [-0.25, -0.2) is 0 Å². The normalized spacial score (nSPS) is 15.6. The van der Waals surface area contributed by atoms with Crippen LogP contribution >= 0.6 is 0 Å². The average Bonchev–Trinajstić information content (AvgIpc) is 2.80. The van der Waals surface area contributed by atoms with E-state index in [2.05, 4.69) is 41.4 Å². The van der Waals surface area contributed by atoms with Crippen molar-refractivity contribution in [2.75, 3.05) is 19.6 Å². The van der Waals surface area contributed by atoms with Crippen molar-refractivity contribution >= 4 is 16.9 Å². The number of aryl methyl sites for hydroxylation is 3. The summed E-state index contributed by atoms with van der Waals surface area (Å²) >= 11 is 0. The van der Waals surface area contributed by atoms with Crippen molar-refractivity contribution in [1.29, 1.82) is 0 Å². The maximum Gasteiger partial charge on any atom is 0.287 e. The molecule has 168 valence electrons. The highest BCUT2D eigenvalue weighted by Gasteiger charge is 2.24. The molecule has 0 aliphatic carbocycles. The highest BCUT2D eigenvalue weighted by Crippen LogP contribution is 2.25. The van der Waals surface area contributed by atoms with Crippen LogP contribution in [0, 0.1) is 13.8 Å². The second kappa shape index (κ2) is 9.70. The maximum absolute atomic E-state index is 13.0. The first-order valence-electron chi connectivity index (χ1n) is 11.6. The molecule has 1 fully saturated rings. The predicted octanol–water partition coefficient (Wildman–Crippen LogP) is 4.93. The molecule has 1 aliphatic rings. The van der Waals surface area contributed by atoms with Gasteiger partial charge in [-0.15, -0.1) is 0 Å². The van der Waals surface area contributed by atoms with Crippen molar-refractivity contribution in [2.45, 2.75) is 52.5 Å². The molecule has 5 nitrogen and oxygen atoms in total. The van der Waals surface area contributed by atoms with E-state index in [1.807, 2.05) is 26.0 Å². The highest BCUT2D eigenvalue weighted by atomic mass is 16.3. The number of nitrogens with zero attached hydrogens (tertiary/aromatic N) is 1. The van der Waals surface area contributed by atoms with Crippen molar-refractivity contribution in [3.05, 3.63) is 80.7 Å². The number of nitrogens with one attached hydrogen (secondary N) is 1. The van der Waals surface area contributed by atoms with E-state index in [0.29, 0.717) is 17.5 Å². The van der Waals surface area contributed by atoms with Gasteiger partial charge in [-0.2, -0.15) is 0 Å². The summed E-state index contributed by atoms with van der Waals surface area (Å²) in [6.07, 6.45) is 4.61. The number of benzene rings is 2. The van der Waals surface area contributed by atoms with Crippen molar-refractivity contribution in [3.8, 4) is 0 Å². The quantitative estimate of drug-likeness (QED) is 0.600. The van der Waals surface area contributed by atoms with E-state index in [9.17, 15) is 9.59 Å². The van der Waals surface area contributed by atoms with Crippen LogP contribution in [0.4, 0.5) is 0 Å². The first kappa shape index (κ1) is 22.3. The Bertz CT molecular complexity index is 1160. The fourth-order valence-corrected chi connectivity index (χ4v) is 4.66. The predicted molar refractivity (Wildman–Crippen MR) is 128 cm³/mol. The third-order valence-electron chi connectivity index (χ3n) is 6.44. The van der Waals surface area contributed by atoms with Crippen molar-refractivity contribution in [1.82, 2.24) is 10.2 Å². The number of rotatable bonds is 6. The van der Waals surface area contributed by atoms with Gasteiger partial charge in [0.25, 0.3) is 5.91 Å². The molecule has 2 heterocycles. The monoisotopic (exact) mass is 432 g/mol. The molecule has 32 heavy (non-hydrogen) atoms. The fraction of sp³-hybridized carbons (Fsp3) is 0.407. The molecular weight excluding hydrogens is 400 g/mol. The first-order valence-corrected chi connectivity index (χ1v) is 11.6. The summed E-state index contributed by atoms with van der Waals surface area (Å²) in [6, 6.07) is 13.9. The maximum atomic E-state index is 13.0. The molecule has 2 aromatic carbocycles. The van der Waals surface area contributed by atoms with Gasteiger partial charge in [0.2, 0.25) is 0 Å². The molecule has 1 amide bonds. The van der Waals surface area contributed by atoms with Crippen LogP contribution in [0.2, 0.25) is 0 Å². The van der Waals surface area contributed by atoms with E-state index in [0.717, 1.165) is 30.6 Å². The Labute approximate surface area is 189 Å². The van der Waals surface area contributed by atoms with Crippen LogP contribution in [-0.4, -0.2) is 30.4 Å². The molecule has 1 aromatic heterocycles. The van der Waals surface area contributed by atoms with Crippen LogP contribution in [-0.2, 0) is 6.42 Å². The molecule has 1 atom stereocenters. The molecule has 5 heteroatoms. The van der Waals surface area contributed by atoms with Gasteiger partial charge >= 0.3 is 0 Å². The zero-order chi connectivity index (χ0) is 22.7. The lowest BCUT2D eigenvalue weighted by molar-refractivity contribution is 0.0897. The number of piperidine rings is 1. The second-order valence-corrected chi connectivity index (χ2v) is 8.85. The van der Waals surface area contributed by atoms with Gasteiger partial charge in [0.05, 0.1) is 11.4 Å². The van der Waals surface area contributed by atoms with Gasteiger partial charge in [0, 0.05) is 12.6 Å². The fourth-order valence-electron chi connectivity index (χ4n) is 4.66. The Morgan fingerprint density at radius 1 is 1.06 bits per heavy atom. The molecule has 1 N–H and O–H groups in total. The number of carbonyl (C=O) groups is 1. The minimum Gasteiger partial charge on any atom is -0.450 e. The van der Waals surface area contributed by atoms with E-state index >= 15 is 0 Å². The lowest BCUT2D eigenvalue weighted by Gasteiger charge is -2.35. The minimum atomic E-state index is -0.351. The average molecular weight is 433 g/mol. The Kier molecular flexibility index (Phi) is 6.75. The van der Waals surface area contributed by atoms with Gasteiger partial charge in [-0.3, -0.25) is 14.5 Å². The number of hydrogen-bond acceptors (Lipinski definition) is 4. The molecule has 0 radical (unpaired) electrons. The minimum absolute atomic E-state index is 0.0631. The molecular formula is C27H32N2O3. The lowest BCUT2D eigenvalue weighted by Crippen LogP contribution is -2.40. The molecule has 0 bridgehead atoms. The van der Waals surface area contributed by atoms with Crippen LogP contribution in [0.25, 0.3) is 11.0 Å². The molecule has 4 rings (SSSR count). The smallest absolute Gasteiger partial charge is 0.287 e. The molecule has 1 saturated heterocycles. The summed E-state index contributed by atoms with van der Waals surface area (Å²) in [6.45, 7) is 8.52. The van der Waals surface area contributed by atoms with Crippen molar-refractivity contribution < 1.29 is 9.21 Å².